The topological polar surface area (TPSA) is 9.23 Å². The molecule has 0 atom stereocenters. The summed E-state index contributed by atoms with van der Waals surface area (Å²) in [6, 6.07) is 5.98. The van der Waals surface area contributed by atoms with Crippen molar-refractivity contribution in [2.45, 2.75) is 19.5 Å². The van der Waals surface area contributed by atoms with Gasteiger partial charge < -0.3 is 4.74 Å². The summed E-state index contributed by atoms with van der Waals surface area (Å²) in [6.07, 6.45) is -4.34. The molecule has 0 radical (unpaired) electrons. The molecule has 0 amide bonds. The molecule has 0 aromatic heterocycles. The monoisotopic (exact) mass is 302 g/mol. The molecular weight excluding hydrogens is 291 g/mol. The highest BCUT2D eigenvalue weighted by atomic mass is 19.4. The highest BCUT2D eigenvalue weighted by Gasteiger charge is 2.30. The first-order valence-corrected chi connectivity index (χ1v) is 6.14. The maximum Gasteiger partial charge on any atom is 0.416 e. The fourth-order valence-electron chi connectivity index (χ4n) is 1.85. The van der Waals surface area contributed by atoms with Gasteiger partial charge in [0, 0.05) is 17.7 Å². The molecule has 0 aliphatic rings. The van der Waals surface area contributed by atoms with E-state index in [9.17, 15) is 22.0 Å². The summed E-state index contributed by atoms with van der Waals surface area (Å²) >= 11 is 0. The van der Waals surface area contributed by atoms with Crippen LogP contribution in [-0.2, 0) is 12.6 Å². The Bertz CT molecular complexity index is 626. The molecule has 0 unspecified atom stereocenters. The first-order chi connectivity index (χ1) is 9.81. The minimum Gasteiger partial charge on any atom is -0.457 e. The third-order valence-corrected chi connectivity index (χ3v) is 2.87. The van der Waals surface area contributed by atoms with E-state index < -0.39 is 23.4 Å². The molecule has 2 rings (SSSR count). The average molecular weight is 302 g/mol. The van der Waals surface area contributed by atoms with Gasteiger partial charge in [0.15, 0.2) is 0 Å². The molecule has 0 aliphatic heterocycles. The molecule has 0 spiro atoms. The third kappa shape index (κ3) is 3.51. The summed E-state index contributed by atoms with van der Waals surface area (Å²) in [6.45, 7) is 1.59. The second-order valence-electron chi connectivity index (χ2n) is 4.35. The number of benzene rings is 2. The maximum atomic E-state index is 13.6. The molecule has 0 saturated carbocycles. The van der Waals surface area contributed by atoms with E-state index in [1.54, 1.807) is 6.92 Å². The average Bonchev–Trinajstić information content (AvgIpc) is 2.37. The zero-order chi connectivity index (χ0) is 15.6. The number of ether oxygens (including phenoxy) is 1. The Kier molecular flexibility index (Phi) is 4.16. The molecule has 2 aromatic carbocycles. The quantitative estimate of drug-likeness (QED) is 0.695. The van der Waals surface area contributed by atoms with Gasteiger partial charge in [0.25, 0.3) is 0 Å². The van der Waals surface area contributed by atoms with Gasteiger partial charge in [0.1, 0.15) is 23.1 Å². The summed E-state index contributed by atoms with van der Waals surface area (Å²) < 4.78 is 69.9. The van der Waals surface area contributed by atoms with Gasteiger partial charge >= 0.3 is 6.18 Å². The third-order valence-electron chi connectivity index (χ3n) is 2.87. The van der Waals surface area contributed by atoms with Crippen LogP contribution in [0.15, 0.2) is 36.4 Å². The van der Waals surface area contributed by atoms with Crippen molar-refractivity contribution in [2.24, 2.45) is 0 Å². The van der Waals surface area contributed by atoms with Crippen molar-refractivity contribution in [2.75, 3.05) is 0 Å². The van der Waals surface area contributed by atoms with Crippen molar-refractivity contribution in [1.82, 2.24) is 0 Å². The Morgan fingerprint density at radius 3 is 2.10 bits per heavy atom. The fourth-order valence-corrected chi connectivity index (χ4v) is 1.85. The first kappa shape index (κ1) is 15.3. The normalized spacial score (nSPS) is 11.5. The van der Waals surface area contributed by atoms with Crippen LogP contribution in [0.3, 0.4) is 0 Å². The van der Waals surface area contributed by atoms with E-state index in [0.717, 1.165) is 30.3 Å². The molecule has 0 fully saturated rings. The highest BCUT2D eigenvalue weighted by Crippen LogP contribution is 2.33. The van der Waals surface area contributed by atoms with Crippen LogP contribution >= 0.6 is 0 Å². The van der Waals surface area contributed by atoms with Crippen LogP contribution in [-0.4, -0.2) is 0 Å². The molecule has 1 nitrogen and oxygen atoms in total. The molecule has 2 aromatic rings. The predicted molar refractivity (Wildman–Crippen MR) is 67.3 cm³/mol. The molecule has 0 saturated heterocycles. The van der Waals surface area contributed by atoms with Crippen LogP contribution in [0.4, 0.5) is 22.0 Å². The van der Waals surface area contributed by atoms with Crippen LogP contribution in [0.2, 0.25) is 0 Å². The minimum atomic E-state index is -4.51. The van der Waals surface area contributed by atoms with Crippen molar-refractivity contribution in [1.29, 1.82) is 0 Å². The van der Waals surface area contributed by atoms with Gasteiger partial charge in [0.05, 0.1) is 5.56 Å². The lowest BCUT2D eigenvalue weighted by Gasteiger charge is -2.11. The van der Waals surface area contributed by atoms with Crippen molar-refractivity contribution >= 4 is 0 Å². The van der Waals surface area contributed by atoms with Crippen molar-refractivity contribution in [3.05, 3.63) is 59.2 Å². The summed E-state index contributed by atoms with van der Waals surface area (Å²) in [7, 11) is 0. The van der Waals surface area contributed by atoms with Gasteiger partial charge in [-0.15, -0.1) is 0 Å². The van der Waals surface area contributed by atoms with E-state index in [4.69, 9.17) is 4.74 Å². The van der Waals surface area contributed by atoms with Gasteiger partial charge in [0.2, 0.25) is 0 Å². The van der Waals surface area contributed by atoms with Gasteiger partial charge in [-0.05, 0) is 24.6 Å². The first-order valence-electron chi connectivity index (χ1n) is 6.14. The van der Waals surface area contributed by atoms with Crippen LogP contribution in [0, 0.1) is 11.6 Å². The van der Waals surface area contributed by atoms with E-state index in [0.29, 0.717) is 0 Å². The summed E-state index contributed by atoms with van der Waals surface area (Å²) in [4.78, 5) is 0. The maximum absolute atomic E-state index is 13.6. The Labute approximate surface area is 118 Å². The number of hydrogen-bond acceptors (Lipinski definition) is 1. The fraction of sp³-hybridized carbons (Fsp3) is 0.200. The number of alkyl halides is 3. The Balaban J connectivity index is 2.31. The highest BCUT2D eigenvalue weighted by molar-refractivity contribution is 5.37. The molecule has 112 valence electrons. The van der Waals surface area contributed by atoms with Gasteiger partial charge in [-0.1, -0.05) is 13.0 Å². The van der Waals surface area contributed by atoms with Crippen LogP contribution < -0.4 is 4.74 Å². The largest absolute Gasteiger partial charge is 0.457 e. The van der Waals surface area contributed by atoms with Crippen LogP contribution in [0.1, 0.15) is 18.1 Å². The smallest absolute Gasteiger partial charge is 0.416 e. The molecular formula is C15H11F5O. The van der Waals surface area contributed by atoms with Gasteiger partial charge in [-0.2, -0.15) is 13.2 Å². The number of hydrogen-bond donors (Lipinski definition) is 0. The molecule has 6 heteroatoms. The van der Waals surface area contributed by atoms with Crippen LogP contribution in [0.5, 0.6) is 11.5 Å². The van der Waals surface area contributed by atoms with E-state index in [-0.39, 0.29) is 23.5 Å². The second kappa shape index (κ2) is 5.71. The molecule has 0 heterocycles. The van der Waals surface area contributed by atoms with E-state index >= 15 is 0 Å². The second-order valence-corrected chi connectivity index (χ2v) is 4.35. The Morgan fingerprint density at radius 2 is 1.57 bits per heavy atom. The van der Waals surface area contributed by atoms with Crippen molar-refractivity contribution in [3.8, 4) is 11.5 Å². The number of halogens is 5. The van der Waals surface area contributed by atoms with Crippen LogP contribution in [0.25, 0.3) is 0 Å². The Hall–Kier alpha value is -2.11. The predicted octanol–water partition coefficient (Wildman–Crippen LogP) is 5.34. The zero-order valence-corrected chi connectivity index (χ0v) is 11.0. The number of rotatable bonds is 3. The molecule has 0 aliphatic carbocycles. The van der Waals surface area contributed by atoms with Crippen molar-refractivity contribution < 1.29 is 26.7 Å². The summed E-state index contributed by atoms with van der Waals surface area (Å²) in [5.74, 6) is -1.92. The van der Waals surface area contributed by atoms with Crippen molar-refractivity contribution in [3.63, 3.8) is 0 Å². The SMILES string of the molecule is CCc1c(F)cc(Oc2cccc(C(F)(F)F)c2)cc1F. The molecule has 0 bridgehead atoms. The lowest BCUT2D eigenvalue weighted by molar-refractivity contribution is -0.137. The standard InChI is InChI=1S/C15H11F5O/c1-2-12-13(16)7-11(8-14(12)17)21-10-5-3-4-9(6-10)15(18,19)20/h3-8H,2H2,1H3. The van der Waals surface area contributed by atoms with E-state index in [2.05, 4.69) is 0 Å². The van der Waals surface area contributed by atoms with E-state index in [1.807, 2.05) is 0 Å². The van der Waals surface area contributed by atoms with Gasteiger partial charge in [-0.25, -0.2) is 8.78 Å². The molecule has 0 N–H and O–H groups in total. The zero-order valence-electron chi connectivity index (χ0n) is 11.0. The molecule has 21 heavy (non-hydrogen) atoms. The lowest BCUT2D eigenvalue weighted by atomic mass is 10.1. The minimum absolute atomic E-state index is 0.0913. The van der Waals surface area contributed by atoms with E-state index in [1.165, 1.54) is 6.07 Å². The summed E-state index contributed by atoms with van der Waals surface area (Å²) in [5, 5.41) is 0. The summed E-state index contributed by atoms with van der Waals surface area (Å²) in [5.41, 5.74) is -0.988. The Morgan fingerprint density at radius 1 is 0.952 bits per heavy atom. The lowest BCUT2D eigenvalue weighted by Crippen LogP contribution is -2.04. The van der Waals surface area contributed by atoms with Gasteiger partial charge in [-0.3, -0.25) is 0 Å².